The Kier molecular flexibility index (Phi) is 6.22. The highest BCUT2D eigenvalue weighted by atomic mass is 19.1. The highest BCUT2D eigenvalue weighted by Gasteiger charge is 2.15. The van der Waals surface area contributed by atoms with Gasteiger partial charge in [-0.2, -0.15) is 0 Å². The highest BCUT2D eigenvalue weighted by molar-refractivity contribution is 5.21. The van der Waals surface area contributed by atoms with Crippen molar-refractivity contribution in [3.8, 4) is 0 Å². The van der Waals surface area contributed by atoms with E-state index >= 15 is 0 Å². The summed E-state index contributed by atoms with van der Waals surface area (Å²) in [6, 6.07) is 3.69. The van der Waals surface area contributed by atoms with Crippen LogP contribution in [0.2, 0.25) is 0 Å². The number of nitrogens with one attached hydrogen (secondary N) is 1. The van der Waals surface area contributed by atoms with Gasteiger partial charge in [-0.25, -0.2) is 8.78 Å². The summed E-state index contributed by atoms with van der Waals surface area (Å²) >= 11 is 0. The van der Waals surface area contributed by atoms with Crippen LogP contribution in [-0.2, 0) is 4.74 Å². The third-order valence-corrected chi connectivity index (χ3v) is 2.92. The zero-order valence-electron chi connectivity index (χ0n) is 11.2. The van der Waals surface area contributed by atoms with Gasteiger partial charge in [0.25, 0.3) is 0 Å². The fourth-order valence-electron chi connectivity index (χ4n) is 2.06. The number of benzene rings is 1. The largest absolute Gasteiger partial charge is 0.383 e. The van der Waals surface area contributed by atoms with Gasteiger partial charge < -0.3 is 10.1 Å². The van der Waals surface area contributed by atoms with Gasteiger partial charge in [-0.1, -0.05) is 19.4 Å². The quantitative estimate of drug-likeness (QED) is 0.808. The average molecular weight is 257 g/mol. The van der Waals surface area contributed by atoms with E-state index in [0.717, 1.165) is 18.9 Å². The molecule has 2 nitrogen and oxygen atoms in total. The molecule has 0 fully saturated rings. The fraction of sp³-hybridized carbons (Fsp3) is 0.571. The molecule has 0 radical (unpaired) electrons. The smallest absolute Gasteiger partial charge is 0.130 e. The van der Waals surface area contributed by atoms with Gasteiger partial charge in [0.15, 0.2) is 0 Å². The molecule has 2 unspecified atom stereocenters. The summed E-state index contributed by atoms with van der Waals surface area (Å²) in [6.45, 7) is 4.54. The van der Waals surface area contributed by atoms with E-state index in [-0.39, 0.29) is 12.1 Å². The molecule has 0 spiro atoms. The molecular formula is C14H21F2NO. The summed E-state index contributed by atoms with van der Waals surface area (Å²) in [5.74, 6) is -1.06. The molecule has 2 atom stereocenters. The van der Waals surface area contributed by atoms with Crippen molar-refractivity contribution >= 4 is 0 Å². The number of hydrogen-bond acceptors (Lipinski definition) is 2. The van der Waals surface area contributed by atoms with Crippen LogP contribution < -0.4 is 5.32 Å². The fourth-order valence-corrected chi connectivity index (χ4v) is 2.06. The van der Waals surface area contributed by atoms with Crippen LogP contribution in [0.1, 0.15) is 38.3 Å². The third kappa shape index (κ3) is 4.35. The molecule has 0 saturated heterocycles. The van der Waals surface area contributed by atoms with Crippen molar-refractivity contribution in [2.45, 2.75) is 38.8 Å². The molecule has 0 aliphatic carbocycles. The van der Waals surface area contributed by atoms with Gasteiger partial charge in [-0.3, -0.25) is 0 Å². The standard InChI is InChI=1S/C14H21F2NO/c1-4-5-12(9-18-3)17-10(2)13-7-6-11(15)8-14(13)16/h6-8,10,12,17H,4-5,9H2,1-3H3. The maximum absolute atomic E-state index is 13.6. The van der Waals surface area contributed by atoms with Gasteiger partial charge in [-0.05, 0) is 19.4 Å². The van der Waals surface area contributed by atoms with Gasteiger partial charge in [0.1, 0.15) is 11.6 Å². The molecule has 0 aromatic heterocycles. The van der Waals surface area contributed by atoms with Crippen LogP contribution in [0.5, 0.6) is 0 Å². The molecule has 0 aliphatic heterocycles. The van der Waals surface area contributed by atoms with Gasteiger partial charge in [0.05, 0.1) is 6.61 Å². The van der Waals surface area contributed by atoms with Crippen LogP contribution in [0, 0.1) is 11.6 Å². The minimum Gasteiger partial charge on any atom is -0.383 e. The first-order valence-electron chi connectivity index (χ1n) is 6.28. The molecule has 1 aromatic carbocycles. The molecular weight excluding hydrogens is 236 g/mol. The van der Waals surface area contributed by atoms with Crippen LogP contribution in [0.3, 0.4) is 0 Å². The van der Waals surface area contributed by atoms with E-state index < -0.39 is 11.6 Å². The molecule has 1 aromatic rings. The minimum atomic E-state index is -0.551. The molecule has 4 heteroatoms. The summed E-state index contributed by atoms with van der Waals surface area (Å²) in [6.07, 6.45) is 1.99. The number of halogens is 2. The highest BCUT2D eigenvalue weighted by Crippen LogP contribution is 2.18. The molecule has 102 valence electrons. The van der Waals surface area contributed by atoms with Crippen LogP contribution in [-0.4, -0.2) is 19.8 Å². The van der Waals surface area contributed by atoms with Crippen LogP contribution in [0.15, 0.2) is 18.2 Å². The van der Waals surface area contributed by atoms with E-state index in [2.05, 4.69) is 12.2 Å². The molecule has 0 aliphatic rings. The average Bonchev–Trinajstić information content (AvgIpc) is 2.29. The Morgan fingerprint density at radius 1 is 1.33 bits per heavy atom. The second-order valence-corrected chi connectivity index (χ2v) is 4.50. The number of ether oxygens (including phenoxy) is 1. The van der Waals surface area contributed by atoms with Crippen molar-refractivity contribution in [1.82, 2.24) is 5.32 Å². The molecule has 0 heterocycles. The van der Waals surface area contributed by atoms with E-state index in [9.17, 15) is 8.78 Å². The Balaban J connectivity index is 2.70. The lowest BCUT2D eigenvalue weighted by molar-refractivity contribution is 0.156. The van der Waals surface area contributed by atoms with Gasteiger partial charge in [0, 0.05) is 30.8 Å². The molecule has 1 N–H and O–H groups in total. The summed E-state index contributed by atoms with van der Waals surface area (Å²) in [7, 11) is 1.65. The Morgan fingerprint density at radius 3 is 2.61 bits per heavy atom. The first-order chi connectivity index (χ1) is 8.58. The molecule has 18 heavy (non-hydrogen) atoms. The topological polar surface area (TPSA) is 21.3 Å². The predicted octanol–water partition coefficient (Wildman–Crippen LogP) is 3.43. The van der Waals surface area contributed by atoms with Crippen molar-refractivity contribution in [3.05, 3.63) is 35.4 Å². The van der Waals surface area contributed by atoms with E-state index in [4.69, 9.17) is 4.74 Å². The molecule has 1 rings (SSSR count). The second-order valence-electron chi connectivity index (χ2n) is 4.50. The van der Waals surface area contributed by atoms with E-state index in [0.29, 0.717) is 12.2 Å². The lowest BCUT2D eigenvalue weighted by Gasteiger charge is -2.23. The van der Waals surface area contributed by atoms with Gasteiger partial charge in [-0.15, -0.1) is 0 Å². The van der Waals surface area contributed by atoms with Crippen molar-refractivity contribution < 1.29 is 13.5 Å². The lowest BCUT2D eigenvalue weighted by Crippen LogP contribution is -2.35. The first kappa shape index (κ1) is 15.1. The Hall–Kier alpha value is -1.00. The minimum absolute atomic E-state index is 0.169. The van der Waals surface area contributed by atoms with E-state index in [1.165, 1.54) is 12.1 Å². The first-order valence-corrected chi connectivity index (χ1v) is 6.28. The van der Waals surface area contributed by atoms with E-state index in [1.807, 2.05) is 6.92 Å². The van der Waals surface area contributed by atoms with E-state index in [1.54, 1.807) is 7.11 Å². The Morgan fingerprint density at radius 2 is 2.06 bits per heavy atom. The maximum Gasteiger partial charge on any atom is 0.130 e. The third-order valence-electron chi connectivity index (χ3n) is 2.92. The Bertz CT molecular complexity index is 365. The van der Waals surface area contributed by atoms with Crippen molar-refractivity contribution in [2.24, 2.45) is 0 Å². The monoisotopic (exact) mass is 257 g/mol. The molecule has 0 bridgehead atoms. The van der Waals surface area contributed by atoms with Crippen molar-refractivity contribution in [3.63, 3.8) is 0 Å². The van der Waals surface area contributed by atoms with Crippen molar-refractivity contribution in [2.75, 3.05) is 13.7 Å². The zero-order chi connectivity index (χ0) is 13.5. The van der Waals surface area contributed by atoms with Crippen LogP contribution in [0.4, 0.5) is 8.78 Å². The van der Waals surface area contributed by atoms with Gasteiger partial charge in [0.2, 0.25) is 0 Å². The second kappa shape index (κ2) is 7.44. The number of methoxy groups -OCH3 is 1. The maximum atomic E-state index is 13.6. The summed E-state index contributed by atoms with van der Waals surface area (Å²) in [5.41, 5.74) is 0.480. The van der Waals surface area contributed by atoms with Crippen molar-refractivity contribution in [1.29, 1.82) is 0 Å². The zero-order valence-corrected chi connectivity index (χ0v) is 11.2. The van der Waals surface area contributed by atoms with Crippen LogP contribution >= 0.6 is 0 Å². The summed E-state index contributed by atoms with van der Waals surface area (Å²) in [4.78, 5) is 0. The Labute approximate surface area is 107 Å². The normalized spacial score (nSPS) is 14.5. The predicted molar refractivity (Wildman–Crippen MR) is 68.5 cm³/mol. The number of hydrogen-bond donors (Lipinski definition) is 1. The SMILES string of the molecule is CCCC(COC)NC(C)c1ccc(F)cc1F. The van der Waals surface area contributed by atoms with Gasteiger partial charge >= 0.3 is 0 Å². The molecule has 0 saturated carbocycles. The number of rotatable bonds is 7. The van der Waals surface area contributed by atoms with Crippen LogP contribution in [0.25, 0.3) is 0 Å². The molecule has 0 amide bonds. The lowest BCUT2D eigenvalue weighted by atomic mass is 10.1. The summed E-state index contributed by atoms with van der Waals surface area (Å²) < 4.78 is 31.6. The summed E-state index contributed by atoms with van der Waals surface area (Å²) in [5, 5.41) is 3.31.